The van der Waals surface area contributed by atoms with Crippen molar-refractivity contribution in [3.05, 3.63) is 16.6 Å². The number of nitrogens with zero attached hydrogens (tertiary/aromatic N) is 1. The van der Waals surface area contributed by atoms with Gasteiger partial charge in [-0.25, -0.2) is 0 Å². The van der Waals surface area contributed by atoms with Gasteiger partial charge in [-0.15, -0.1) is 11.3 Å². The standard InChI is InChI=1S/C8H13NS/c1-3-7(2)4-8-5-9-6-10-8/h5-7H,3-4H2,1-2H3. The molecule has 0 fully saturated rings. The molecule has 10 heavy (non-hydrogen) atoms. The molecule has 0 aliphatic rings. The normalized spacial score (nSPS) is 13.4. The SMILES string of the molecule is CCC(C)Cc1cncs1. The Bertz CT molecular complexity index is 169. The zero-order valence-electron chi connectivity index (χ0n) is 6.50. The molecule has 0 aliphatic heterocycles. The van der Waals surface area contributed by atoms with Crippen molar-refractivity contribution in [3.63, 3.8) is 0 Å². The summed E-state index contributed by atoms with van der Waals surface area (Å²) in [6.07, 6.45) is 4.43. The molecule has 0 bridgehead atoms. The summed E-state index contributed by atoms with van der Waals surface area (Å²) >= 11 is 1.76. The Morgan fingerprint density at radius 2 is 2.50 bits per heavy atom. The van der Waals surface area contributed by atoms with E-state index in [2.05, 4.69) is 18.8 Å². The van der Waals surface area contributed by atoms with Crippen LogP contribution in [-0.4, -0.2) is 4.98 Å². The molecule has 56 valence electrons. The zero-order chi connectivity index (χ0) is 7.40. The lowest BCUT2D eigenvalue weighted by Crippen LogP contribution is -1.94. The molecule has 0 aromatic carbocycles. The molecule has 1 atom stereocenters. The van der Waals surface area contributed by atoms with E-state index in [1.807, 2.05) is 11.7 Å². The lowest BCUT2D eigenvalue weighted by molar-refractivity contribution is 0.564. The first kappa shape index (κ1) is 7.73. The Morgan fingerprint density at radius 1 is 1.70 bits per heavy atom. The third-order valence-corrected chi connectivity index (χ3v) is 2.53. The molecular formula is C8H13NS. The summed E-state index contributed by atoms with van der Waals surface area (Å²) in [6, 6.07) is 0. The minimum absolute atomic E-state index is 0.806. The number of rotatable bonds is 3. The lowest BCUT2D eigenvalue weighted by Gasteiger charge is -2.03. The molecule has 0 spiro atoms. The monoisotopic (exact) mass is 155 g/mol. The van der Waals surface area contributed by atoms with E-state index in [0.29, 0.717) is 0 Å². The van der Waals surface area contributed by atoms with E-state index in [1.165, 1.54) is 17.7 Å². The fraction of sp³-hybridized carbons (Fsp3) is 0.625. The minimum atomic E-state index is 0.806. The van der Waals surface area contributed by atoms with Crippen LogP contribution in [0.1, 0.15) is 25.1 Å². The van der Waals surface area contributed by atoms with Crippen LogP contribution in [0, 0.1) is 5.92 Å². The molecule has 0 aliphatic carbocycles. The van der Waals surface area contributed by atoms with Gasteiger partial charge in [0.2, 0.25) is 0 Å². The summed E-state index contributed by atoms with van der Waals surface area (Å²) in [5, 5.41) is 0. The molecular weight excluding hydrogens is 142 g/mol. The van der Waals surface area contributed by atoms with Crippen LogP contribution >= 0.6 is 11.3 Å². The second-order valence-electron chi connectivity index (χ2n) is 2.69. The van der Waals surface area contributed by atoms with Crippen molar-refractivity contribution in [1.82, 2.24) is 4.98 Å². The predicted molar refractivity (Wildman–Crippen MR) is 45.3 cm³/mol. The maximum absolute atomic E-state index is 4.03. The quantitative estimate of drug-likeness (QED) is 0.654. The van der Waals surface area contributed by atoms with Gasteiger partial charge in [0, 0.05) is 11.1 Å². The molecule has 1 unspecified atom stereocenters. The summed E-state index contributed by atoms with van der Waals surface area (Å²) < 4.78 is 0. The van der Waals surface area contributed by atoms with Crippen molar-refractivity contribution >= 4 is 11.3 Å². The molecule has 0 radical (unpaired) electrons. The van der Waals surface area contributed by atoms with Gasteiger partial charge >= 0.3 is 0 Å². The topological polar surface area (TPSA) is 12.9 Å². The van der Waals surface area contributed by atoms with Crippen LogP contribution in [0.2, 0.25) is 0 Å². The molecule has 0 saturated carbocycles. The Kier molecular flexibility index (Phi) is 2.87. The van der Waals surface area contributed by atoms with Crippen LogP contribution in [0.5, 0.6) is 0 Å². The summed E-state index contributed by atoms with van der Waals surface area (Å²) in [5.74, 6) is 0.806. The van der Waals surface area contributed by atoms with Crippen molar-refractivity contribution < 1.29 is 0 Å². The van der Waals surface area contributed by atoms with E-state index in [1.54, 1.807) is 11.3 Å². The Labute approximate surface area is 66.1 Å². The number of hydrogen-bond acceptors (Lipinski definition) is 2. The van der Waals surface area contributed by atoms with E-state index in [9.17, 15) is 0 Å². The Morgan fingerprint density at radius 3 is 3.00 bits per heavy atom. The molecule has 1 nitrogen and oxygen atoms in total. The largest absolute Gasteiger partial charge is 0.253 e. The summed E-state index contributed by atoms with van der Waals surface area (Å²) in [4.78, 5) is 5.44. The summed E-state index contributed by atoms with van der Waals surface area (Å²) in [7, 11) is 0. The summed E-state index contributed by atoms with van der Waals surface area (Å²) in [5.41, 5.74) is 1.90. The van der Waals surface area contributed by atoms with Crippen molar-refractivity contribution in [3.8, 4) is 0 Å². The van der Waals surface area contributed by atoms with Crippen molar-refractivity contribution in [2.75, 3.05) is 0 Å². The van der Waals surface area contributed by atoms with Crippen LogP contribution in [0.3, 0.4) is 0 Å². The fourth-order valence-electron chi connectivity index (χ4n) is 0.831. The van der Waals surface area contributed by atoms with E-state index in [-0.39, 0.29) is 0 Å². The van der Waals surface area contributed by atoms with Gasteiger partial charge in [-0.2, -0.15) is 0 Å². The molecule has 0 N–H and O–H groups in total. The van der Waals surface area contributed by atoms with Gasteiger partial charge in [0.1, 0.15) is 0 Å². The number of thiazole rings is 1. The van der Waals surface area contributed by atoms with E-state index < -0.39 is 0 Å². The maximum Gasteiger partial charge on any atom is 0.0794 e. The molecule has 0 saturated heterocycles. The zero-order valence-corrected chi connectivity index (χ0v) is 7.32. The first-order chi connectivity index (χ1) is 4.83. The highest BCUT2D eigenvalue weighted by molar-refractivity contribution is 7.09. The molecule has 1 heterocycles. The molecule has 1 aromatic heterocycles. The lowest BCUT2D eigenvalue weighted by atomic mass is 10.1. The third-order valence-electron chi connectivity index (χ3n) is 1.73. The van der Waals surface area contributed by atoms with E-state index in [0.717, 1.165) is 5.92 Å². The van der Waals surface area contributed by atoms with Crippen molar-refractivity contribution in [2.24, 2.45) is 5.92 Å². The minimum Gasteiger partial charge on any atom is -0.253 e. The van der Waals surface area contributed by atoms with Crippen LogP contribution in [0.4, 0.5) is 0 Å². The van der Waals surface area contributed by atoms with Gasteiger partial charge in [-0.3, -0.25) is 4.98 Å². The molecule has 2 heteroatoms. The third kappa shape index (κ3) is 2.10. The average Bonchev–Trinajstić information content (AvgIpc) is 2.40. The van der Waals surface area contributed by atoms with Crippen LogP contribution in [-0.2, 0) is 6.42 Å². The first-order valence-electron chi connectivity index (χ1n) is 3.70. The predicted octanol–water partition coefficient (Wildman–Crippen LogP) is 2.73. The first-order valence-corrected chi connectivity index (χ1v) is 4.58. The van der Waals surface area contributed by atoms with Gasteiger partial charge in [0.05, 0.1) is 5.51 Å². The van der Waals surface area contributed by atoms with Gasteiger partial charge < -0.3 is 0 Å². The second kappa shape index (κ2) is 3.71. The molecule has 1 aromatic rings. The smallest absolute Gasteiger partial charge is 0.0794 e. The Hall–Kier alpha value is -0.370. The second-order valence-corrected chi connectivity index (χ2v) is 3.66. The highest BCUT2D eigenvalue weighted by atomic mass is 32.1. The summed E-state index contributed by atoms with van der Waals surface area (Å²) in [6.45, 7) is 4.51. The Balaban J connectivity index is 2.40. The van der Waals surface area contributed by atoms with Crippen LogP contribution in [0.25, 0.3) is 0 Å². The number of aromatic nitrogens is 1. The number of hydrogen-bond donors (Lipinski definition) is 0. The highest BCUT2D eigenvalue weighted by Crippen LogP contribution is 2.13. The van der Waals surface area contributed by atoms with E-state index >= 15 is 0 Å². The van der Waals surface area contributed by atoms with Gasteiger partial charge in [-0.1, -0.05) is 20.3 Å². The van der Waals surface area contributed by atoms with Gasteiger partial charge in [0.25, 0.3) is 0 Å². The maximum atomic E-state index is 4.03. The van der Waals surface area contributed by atoms with Gasteiger partial charge in [0.15, 0.2) is 0 Å². The van der Waals surface area contributed by atoms with Crippen molar-refractivity contribution in [1.29, 1.82) is 0 Å². The molecule has 1 rings (SSSR count). The highest BCUT2D eigenvalue weighted by Gasteiger charge is 2.00. The molecule has 0 amide bonds. The van der Waals surface area contributed by atoms with Crippen LogP contribution in [0.15, 0.2) is 11.7 Å². The van der Waals surface area contributed by atoms with E-state index in [4.69, 9.17) is 0 Å². The van der Waals surface area contributed by atoms with Gasteiger partial charge in [-0.05, 0) is 12.3 Å². The van der Waals surface area contributed by atoms with Crippen LogP contribution < -0.4 is 0 Å². The fourth-order valence-corrected chi connectivity index (χ4v) is 1.59. The van der Waals surface area contributed by atoms with Crippen molar-refractivity contribution in [2.45, 2.75) is 26.7 Å². The average molecular weight is 155 g/mol.